The molecule has 3 nitrogen and oxygen atoms in total. The van der Waals surface area contributed by atoms with E-state index in [4.69, 9.17) is 9.47 Å². The quantitative estimate of drug-likeness (QED) is 0.907. The summed E-state index contributed by atoms with van der Waals surface area (Å²) in [5.41, 5.74) is 2.96. The minimum absolute atomic E-state index is 0.535. The second kappa shape index (κ2) is 6.44. The summed E-state index contributed by atoms with van der Waals surface area (Å²) in [4.78, 5) is 0. The van der Waals surface area contributed by atoms with Crippen molar-refractivity contribution in [1.82, 2.24) is 0 Å². The lowest BCUT2D eigenvalue weighted by atomic mass is 9.99. The van der Waals surface area contributed by atoms with Gasteiger partial charge in [0.15, 0.2) is 0 Å². The van der Waals surface area contributed by atoms with Gasteiger partial charge in [0.1, 0.15) is 11.5 Å². The number of hydrogen-bond donors (Lipinski definition) is 1. The van der Waals surface area contributed by atoms with Gasteiger partial charge in [-0.05, 0) is 47.9 Å². The van der Waals surface area contributed by atoms with Crippen LogP contribution in [0.3, 0.4) is 0 Å². The van der Waals surface area contributed by atoms with E-state index in [-0.39, 0.29) is 0 Å². The summed E-state index contributed by atoms with van der Waals surface area (Å²) in [6.07, 6.45) is 0.0230. The van der Waals surface area contributed by atoms with Gasteiger partial charge in [0.05, 0.1) is 20.3 Å². The summed E-state index contributed by atoms with van der Waals surface area (Å²) in [6, 6.07) is 13.5. The Morgan fingerprint density at radius 3 is 2.50 bits per heavy atom. The average Bonchev–Trinajstić information content (AvgIpc) is 2.47. The normalized spacial score (nSPS) is 12.0. The first-order valence-electron chi connectivity index (χ1n) is 6.59. The highest BCUT2D eigenvalue weighted by Crippen LogP contribution is 2.25. The Bertz CT molecular complexity index is 578. The van der Waals surface area contributed by atoms with E-state index >= 15 is 0 Å². The van der Waals surface area contributed by atoms with Crippen LogP contribution in [0.4, 0.5) is 0 Å². The van der Waals surface area contributed by atoms with Crippen molar-refractivity contribution in [3.63, 3.8) is 0 Å². The van der Waals surface area contributed by atoms with E-state index in [0.29, 0.717) is 6.42 Å². The highest BCUT2D eigenvalue weighted by atomic mass is 16.5. The van der Waals surface area contributed by atoms with Crippen molar-refractivity contribution in [2.24, 2.45) is 0 Å². The molecule has 0 amide bonds. The summed E-state index contributed by atoms with van der Waals surface area (Å²) in [6.45, 7) is 1.97. The van der Waals surface area contributed by atoms with E-state index in [2.05, 4.69) is 0 Å². The first kappa shape index (κ1) is 14.4. The third kappa shape index (κ3) is 3.31. The maximum atomic E-state index is 10.3. The molecule has 0 aliphatic rings. The van der Waals surface area contributed by atoms with Gasteiger partial charge in [-0.25, -0.2) is 0 Å². The number of aliphatic hydroxyl groups excluding tert-OH is 1. The highest BCUT2D eigenvalue weighted by Gasteiger charge is 2.11. The smallest absolute Gasteiger partial charge is 0.121 e. The van der Waals surface area contributed by atoms with E-state index < -0.39 is 6.10 Å². The number of aliphatic hydroxyl groups is 1. The lowest BCUT2D eigenvalue weighted by molar-refractivity contribution is 0.178. The number of ether oxygens (including phenoxy) is 2. The minimum Gasteiger partial charge on any atom is -0.497 e. The van der Waals surface area contributed by atoms with Crippen LogP contribution >= 0.6 is 0 Å². The zero-order valence-corrected chi connectivity index (χ0v) is 12.1. The van der Waals surface area contributed by atoms with E-state index in [9.17, 15) is 5.11 Å². The molecule has 3 heteroatoms. The van der Waals surface area contributed by atoms with Gasteiger partial charge in [-0.1, -0.05) is 18.2 Å². The Morgan fingerprint density at radius 2 is 1.85 bits per heavy atom. The minimum atomic E-state index is -0.535. The molecule has 0 aliphatic carbocycles. The number of aryl methyl sites for hydroxylation is 1. The summed E-state index contributed by atoms with van der Waals surface area (Å²) in [5.74, 6) is 1.64. The van der Waals surface area contributed by atoms with Crippen LogP contribution in [0, 0.1) is 6.92 Å². The van der Waals surface area contributed by atoms with Crippen molar-refractivity contribution >= 4 is 0 Å². The van der Waals surface area contributed by atoms with Crippen molar-refractivity contribution in [2.75, 3.05) is 14.2 Å². The second-order valence-electron chi connectivity index (χ2n) is 4.80. The Balaban J connectivity index is 2.14. The Morgan fingerprint density at radius 1 is 1.05 bits per heavy atom. The number of methoxy groups -OCH3 is 2. The van der Waals surface area contributed by atoms with Crippen LogP contribution in [0.25, 0.3) is 0 Å². The Hall–Kier alpha value is -2.00. The van der Waals surface area contributed by atoms with Gasteiger partial charge in [-0.2, -0.15) is 0 Å². The van der Waals surface area contributed by atoms with Crippen molar-refractivity contribution in [2.45, 2.75) is 19.4 Å². The lowest BCUT2D eigenvalue weighted by Gasteiger charge is -2.14. The summed E-state index contributed by atoms with van der Waals surface area (Å²) in [7, 11) is 3.29. The predicted octanol–water partition coefficient (Wildman–Crippen LogP) is 3.29. The molecule has 0 saturated carbocycles. The van der Waals surface area contributed by atoms with Crippen LogP contribution in [0.15, 0.2) is 42.5 Å². The molecule has 106 valence electrons. The average molecular weight is 272 g/mol. The molecule has 1 atom stereocenters. The van der Waals surface area contributed by atoms with Crippen LogP contribution in [-0.4, -0.2) is 19.3 Å². The fraction of sp³-hybridized carbons (Fsp3) is 0.294. The van der Waals surface area contributed by atoms with Crippen molar-refractivity contribution in [3.05, 3.63) is 59.2 Å². The molecule has 0 fully saturated rings. The molecule has 0 radical (unpaired) electrons. The third-order valence-electron chi connectivity index (χ3n) is 3.37. The van der Waals surface area contributed by atoms with Crippen LogP contribution in [0.2, 0.25) is 0 Å². The summed E-state index contributed by atoms with van der Waals surface area (Å²) < 4.78 is 10.4. The third-order valence-corrected chi connectivity index (χ3v) is 3.37. The van der Waals surface area contributed by atoms with Crippen LogP contribution in [0.1, 0.15) is 22.8 Å². The molecule has 0 aromatic heterocycles. The van der Waals surface area contributed by atoms with Gasteiger partial charge in [-0.3, -0.25) is 0 Å². The molecule has 1 N–H and O–H groups in total. The first-order valence-corrected chi connectivity index (χ1v) is 6.59. The zero-order chi connectivity index (χ0) is 14.5. The van der Waals surface area contributed by atoms with E-state index in [1.54, 1.807) is 14.2 Å². The highest BCUT2D eigenvalue weighted by molar-refractivity contribution is 5.38. The molecule has 0 spiro atoms. The maximum absolute atomic E-state index is 10.3. The van der Waals surface area contributed by atoms with E-state index in [1.165, 1.54) is 0 Å². The monoisotopic (exact) mass is 272 g/mol. The van der Waals surface area contributed by atoms with Crippen LogP contribution in [-0.2, 0) is 6.42 Å². The first-order chi connectivity index (χ1) is 9.63. The number of hydrogen-bond acceptors (Lipinski definition) is 3. The Labute approximate surface area is 119 Å². The van der Waals surface area contributed by atoms with Crippen LogP contribution < -0.4 is 9.47 Å². The van der Waals surface area contributed by atoms with E-state index in [0.717, 1.165) is 28.2 Å². The van der Waals surface area contributed by atoms with Crippen molar-refractivity contribution in [3.8, 4) is 11.5 Å². The molecule has 2 aromatic carbocycles. The fourth-order valence-electron chi connectivity index (χ4n) is 2.25. The molecule has 0 bridgehead atoms. The standard InChI is InChI=1S/C17H20O3/c1-12-9-14(7-8-17(12)20-3)16(18)11-13-5-4-6-15(10-13)19-2/h4-10,16,18H,11H2,1-3H3. The topological polar surface area (TPSA) is 38.7 Å². The lowest BCUT2D eigenvalue weighted by Crippen LogP contribution is -2.03. The molecular weight excluding hydrogens is 252 g/mol. The molecular formula is C17H20O3. The number of rotatable bonds is 5. The predicted molar refractivity (Wildman–Crippen MR) is 79.4 cm³/mol. The molecule has 2 rings (SSSR count). The van der Waals surface area contributed by atoms with Crippen molar-refractivity contribution < 1.29 is 14.6 Å². The summed E-state index contributed by atoms with van der Waals surface area (Å²) in [5, 5.41) is 10.3. The van der Waals surface area contributed by atoms with Gasteiger partial charge in [0.2, 0.25) is 0 Å². The van der Waals surface area contributed by atoms with Gasteiger partial charge >= 0.3 is 0 Å². The largest absolute Gasteiger partial charge is 0.497 e. The molecule has 0 heterocycles. The summed E-state index contributed by atoms with van der Waals surface area (Å²) >= 11 is 0. The van der Waals surface area contributed by atoms with Crippen molar-refractivity contribution in [1.29, 1.82) is 0 Å². The van der Waals surface area contributed by atoms with Crippen LogP contribution in [0.5, 0.6) is 11.5 Å². The van der Waals surface area contributed by atoms with E-state index in [1.807, 2.05) is 49.4 Å². The maximum Gasteiger partial charge on any atom is 0.121 e. The number of benzene rings is 2. The molecule has 1 unspecified atom stereocenters. The Kier molecular flexibility index (Phi) is 4.64. The molecule has 0 saturated heterocycles. The molecule has 0 aliphatic heterocycles. The van der Waals surface area contributed by atoms with Gasteiger partial charge in [0.25, 0.3) is 0 Å². The fourth-order valence-corrected chi connectivity index (χ4v) is 2.25. The van der Waals surface area contributed by atoms with Gasteiger partial charge < -0.3 is 14.6 Å². The van der Waals surface area contributed by atoms with Gasteiger partial charge in [0, 0.05) is 6.42 Å². The second-order valence-corrected chi connectivity index (χ2v) is 4.80. The zero-order valence-electron chi connectivity index (χ0n) is 12.1. The van der Waals surface area contributed by atoms with Gasteiger partial charge in [-0.15, -0.1) is 0 Å². The molecule has 20 heavy (non-hydrogen) atoms. The SMILES string of the molecule is COc1cccc(CC(O)c2ccc(OC)c(C)c2)c1. The molecule has 2 aromatic rings.